The Morgan fingerprint density at radius 1 is 1.44 bits per heavy atom. The third kappa shape index (κ3) is 2.87. The Labute approximate surface area is 155 Å². The summed E-state index contributed by atoms with van der Waals surface area (Å²) in [6.07, 6.45) is 1.19. The lowest BCUT2D eigenvalue weighted by Gasteiger charge is -2.15. The molecule has 1 aliphatic heterocycles. The topological polar surface area (TPSA) is 86.8 Å². The SMILES string of the molecule is [C-]#[N+]C1(c2ccc(N3CC(CNC(=O)C4(C#N)CC4)OC3=O)cc2F)CC1. The third-order valence-corrected chi connectivity index (χ3v) is 5.47. The van der Waals surface area contributed by atoms with Gasteiger partial charge in [0.05, 0.1) is 30.4 Å². The molecule has 3 aliphatic rings. The van der Waals surface area contributed by atoms with Crippen molar-refractivity contribution in [3.05, 3.63) is 41.0 Å². The van der Waals surface area contributed by atoms with E-state index in [1.165, 1.54) is 11.0 Å². The number of nitrogens with one attached hydrogen (secondary N) is 1. The molecule has 0 radical (unpaired) electrons. The Balaban J connectivity index is 1.41. The average molecular weight is 368 g/mol. The molecule has 1 saturated heterocycles. The van der Waals surface area contributed by atoms with Crippen molar-refractivity contribution in [3.8, 4) is 6.07 Å². The highest BCUT2D eigenvalue weighted by atomic mass is 19.1. The van der Waals surface area contributed by atoms with E-state index in [4.69, 9.17) is 16.6 Å². The highest BCUT2D eigenvalue weighted by Crippen LogP contribution is 2.50. The summed E-state index contributed by atoms with van der Waals surface area (Å²) in [6, 6.07) is 6.43. The zero-order valence-electron chi connectivity index (χ0n) is 14.5. The van der Waals surface area contributed by atoms with Crippen LogP contribution in [0.1, 0.15) is 31.2 Å². The summed E-state index contributed by atoms with van der Waals surface area (Å²) in [5.74, 6) is -0.848. The summed E-state index contributed by atoms with van der Waals surface area (Å²) in [5.41, 5.74) is -0.959. The number of nitriles is 1. The van der Waals surface area contributed by atoms with Crippen molar-refractivity contribution in [1.82, 2.24) is 5.32 Å². The minimum absolute atomic E-state index is 0.103. The second kappa shape index (κ2) is 5.95. The van der Waals surface area contributed by atoms with E-state index in [1.807, 2.05) is 6.07 Å². The van der Waals surface area contributed by atoms with E-state index in [2.05, 4.69) is 10.2 Å². The van der Waals surface area contributed by atoms with E-state index >= 15 is 0 Å². The van der Waals surface area contributed by atoms with Crippen molar-refractivity contribution in [2.45, 2.75) is 37.3 Å². The van der Waals surface area contributed by atoms with Crippen LogP contribution in [-0.4, -0.2) is 31.2 Å². The van der Waals surface area contributed by atoms with Crippen LogP contribution < -0.4 is 10.2 Å². The first kappa shape index (κ1) is 17.3. The molecule has 1 aromatic rings. The lowest BCUT2D eigenvalue weighted by atomic mass is 10.0. The summed E-state index contributed by atoms with van der Waals surface area (Å²) >= 11 is 0. The molecule has 27 heavy (non-hydrogen) atoms. The van der Waals surface area contributed by atoms with Crippen molar-refractivity contribution in [1.29, 1.82) is 5.26 Å². The second-order valence-electron chi connectivity index (χ2n) is 7.33. The molecule has 1 atom stereocenters. The average Bonchev–Trinajstić information content (AvgIpc) is 3.58. The van der Waals surface area contributed by atoms with Crippen molar-refractivity contribution in [2.75, 3.05) is 18.0 Å². The molecule has 0 bridgehead atoms. The molecule has 2 amide bonds. The zero-order valence-corrected chi connectivity index (χ0v) is 14.5. The number of carbonyl (C=O) groups is 2. The molecule has 7 nitrogen and oxygen atoms in total. The Morgan fingerprint density at radius 2 is 2.19 bits per heavy atom. The maximum absolute atomic E-state index is 14.5. The monoisotopic (exact) mass is 368 g/mol. The number of hydrogen-bond acceptors (Lipinski definition) is 4. The molecule has 3 fully saturated rings. The Hall–Kier alpha value is -3.13. The number of cyclic esters (lactones) is 1. The van der Waals surface area contributed by atoms with Gasteiger partial charge in [0.1, 0.15) is 17.3 Å². The number of amides is 2. The van der Waals surface area contributed by atoms with Crippen LogP contribution in [0.3, 0.4) is 0 Å². The predicted molar refractivity (Wildman–Crippen MR) is 91.8 cm³/mol. The van der Waals surface area contributed by atoms with Crippen LogP contribution in [0.25, 0.3) is 4.85 Å². The Kier molecular flexibility index (Phi) is 3.81. The van der Waals surface area contributed by atoms with Gasteiger partial charge in [-0.3, -0.25) is 9.69 Å². The summed E-state index contributed by atoms with van der Waals surface area (Å²) < 4.78 is 19.7. The van der Waals surface area contributed by atoms with Gasteiger partial charge in [-0.05, 0) is 31.0 Å². The van der Waals surface area contributed by atoms with Gasteiger partial charge in [0.2, 0.25) is 5.91 Å². The molecule has 2 saturated carbocycles. The minimum Gasteiger partial charge on any atom is -0.442 e. The van der Waals surface area contributed by atoms with E-state index in [1.54, 1.807) is 12.1 Å². The fraction of sp³-hybridized carbons (Fsp3) is 0.474. The summed E-state index contributed by atoms with van der Waals surface area (Å²) in [6.45, 7) is 7.52. The third-order valence-electron chi connectivity index (χ3n) is 5.47. The van der Waals surface area contributed by atoms with Gasteiger partial charge in [0.15, 0.2) is 0 Å². The van der Waals surface area contributed by atoms with Gasteiger partial charge in [-0.1, -0.05) is 0 Å². The lowest BCUT2D eigenvalue weighted by Crippen LogP contribution is -2.38. The van der Waals surface area contributed by atoms with Crippen molar-refractivity contribution >= 4 is 17.7 Å². The van der Waals surface area contributed by atoms with Gasteiger partial charge >= 0.3 is 6.09 Å². The van der Waals surface area contributed by atoms with E-state index in [0.717, 1.165) is 0 Å². The Morgan fingerprint density at radius 3 is 2.74 bits per heavy atom. The van der Waals surface area contributed by atoms with E-state index in [-0.39, 0.29) is 19.0 Å². The fourth-order valence-electron chi connectivity index (χ4n) is 3.34. The van der Waals surface area contributed by atoms with Crippen LogP contribution in [0, 0.1) is 29.1 Å². The van der Waals surface area contributed by atoms with Crippen LogP contribution >= 0.6 is 0 Å². The molecule has 0 spiro atoms. The first-order valence-corrected chi connectivity index (χ1v) is 8.79. The number of ether oxygens (including phenoxy) is 1. The highest BCUT2D eigenvalue weighted by Gasteiger charge is 2.54. The first-order chi connectivity index (χ1) is 12.9. The van der Waals surface area contributed by atoms with Gasteiger partial charge in [0.25, 0.3) is 5.54 Å². The van der Waals surface area contributed by atoms with Crippen LogP contribution in [0.5, 0.6) is 0 Å². The summed E-state index contributed by atoms with van der Waals surface area (Å²) in [4.78, 5) is 29.0. The molecule has 0 aromatic heterocycles. The first-order valence-electron chi connectivity index (χ1n) is 8.79. The number of rotatable bonds is 5. The maximum atomic E-state index is 14.5. The molecule has 1 unspecified atom stereocenters. The zero-order chi connectivity index (χ0) is 19.2. The van der Waals surface area contributed by atoms with Gasteiger partial charge < -0.3 is 14.9 Å². The van der Waals surface area contributed by atoms with Gasteiger partial charge in [-0.25, -0.2) is 15.8 Å². The van der Waals surface area contributed by atoms with E-state index in [9.17, 15) is 14.0 Å². The number of anilines is 1. The molecule has 4 rings (SSSR count). The van der Waals surface area contributed by atoms with Gasteiger partial charge in [-0.15, -0.1) is 0 Å². The van der Waals surface area contributed by atoms with Gasteiger partial charge in [-0.2, -0.15) is 5.26 Å². The summed E-state index contributed by atoms with van der Waals surface area (Å²) in [5, 5.41) is 11.7. The van der Waals surface area contributed by atoms with Crippen molar-refractivity contribution in [3.63, 3.8) is 0 Å². The van der Waals surface area contributed by atoms with E-state index in [0.29, 0.717) is 36.9 Å². The van der Waals surface area contributed by atoms with Crippen molar-refractivity contribution in [2.24, 2.45) is 5.41 Å². The van der Waals surface area contributed by atoms with Crippen LogP contribution in [0.15, 0.2) is 18.2 Å². The molecule has 1 aromatic carbocycles. The number of carbonyl (C=O) groups excluding carboxylic acids is 2. The summed E-state index contributed by atoms with van der Waals surface area (Å²) in [7, 11) is 0. The van der Waals surface area contributed by atoms with Crippen molar-refractivity contribution < 1.29 is 18.7 Å². The largest absolute Gasteiger partial charge is 0.442 e. The number of hydrogen-bond donors (Lipinski definition) is 1. The normalized spacial score (nSPS) is 23.7. The smallest absolute Gasteiger partial charge is 0.414 e. The lowest BCUT2D eigenvalue weighted by molar-refractivity contribution is -0.124. The minimum atomic E-state index is -0.928. The number of benzene rings is 1. The van der Waals surface area contributed by atoms with Gasteiger partial charge in [0, 0.05) is 12.8 Å². The molecule has 1 N–H and O–H groups in total. The molecule has 2 aliphatic carbocycles. The molecule has 138 valence electrons. The van der Waals surface area contributed by atoms with Crippen LogP contribution in [0.4, 0.5) is 14.9 Å². The Bertz CT molecular complexity index is 909. The molecular formula is C19H17FN4O3. The van der Waals surface area contributed by atoms with E-state index < -0.39 is 29.0 Å². The molecule has 8 heteroatoms. The standard InChI is InChI=1S/C19H17FN4O3/c1-22-19(6-7-19)14-3-2-12(8-15(14)20)24-10-13(27-17(24)26)9-23-16(25)18(11-21)4-5-18/h2-3,8,13H,4-7,9-10H2,(H,23,25). The molecular weight excluding hydrogens is 351 g/mol. The number of nitrogens with zero attached hydrogens (tertiary/aromatic N) is 3. The predicted octanol–water partition coefficient (Wildman–Crippen LogP) is 2.48. The highest BCUT2D eigenvalue weighted by molar-refractivity contribution is 5.90. The molecule has 1 heterocycles. The number of halogens is 1. The van der Waals surface area contributed by atoms with Crippen LogP contribution in [0.2, 0.25) is 0 Å². The van der Waals surface area contributed by atoms with Crippen LogP contribution in [-0.2, 0) is 15.1 Å². The quantitative estimate of drug-likeness (QED) is 0.809. The fourth-order valence-corrected chi connectivity index (χ4v) is 3.34. The maximum Gasteiger partial charge on any atom is 0.414 e. The second-order valence-corrected chi connectivity index (χ2v) is 7.33.